The molecule has 0 unspecified atom stereocenters. The number of carbonyl (C=O) groups excluding carboxylic acids is 1. The smallest absolute Gasteiger partial charge is 0.244 e. The number of aliphatic hydroxyl groups excluding tert-OH is 1. The van der Waals surface area contributed by atoms with Crippen LogP contribution >= 0.6 is 0 Å². The number of nitrogens with zero attached hydrogens (tertiary/aromatic N) is 4. The lowest BCUT2D eigenvalue weighted by molar-refractivity contribution is -0.134. The van der Waals surface area contributed by atoms with Crippen molar-refractivity contribution in [2.45, 2.75) is 45.4 Å². The molecule has 1 amide bonds. The molecule has 3 heterocycles. The third-order valence-electron chi connectivity index (χ3n) is 4.61. The second kappa shape index (κ2) is 5.77. The first-order valence-electron chi connectivity index (χ1n) is 7.74. The van der Waals surface area contributed by atoms with Gasteiger partial charge in [-0.2, -0.15) is 5.10 Å². The van der Waals surface area contributed by atoms with Gasteiger partial charge in [0.25, 0.3) is 0 Å². The van der Waals surface area contributed by atoms with E-state index >= 15 is 0 Å². The van der Waals surface area contributed by atoms with Crippen LogP contribution in [0.5, 0.6) is 0 Å². The summed E-state index contributed by atoms with van der Waals surface area (Å²) < 4.78 is 1.79. The molecule has 3 rings (SSSR count). The highest BCUT2D eigenvalue weighted by Crippen LogP contribution is 2.22. The first-order valence-corrected chi connectivity index (χ1v) is 7.74. The van der Waals surface area contributed by atoms with Crippen LogP contribution in [0.3, 0.4) is 0 Å². The number of aryl methyl sites for hydroxylation is 2. The van der Waals surface area contributed by atoms with Crippen LogP contribution in [0.15, 0.2) is 6.07 Å². The zero-order valence-corrected chi connectivity index (χ0v) is 12.8. The van der Waals surface area contributed by atoms with Crippen molar-refractivity contribution < 1.29 is 9.90 Å². The summed E-state index contributed by atoms with van der Waals surface area (Å²) in [6, 6.07) is 2.53. The molecule has 116 valence electrons. The molecule has 2 saturated heterocycles. The Labute approximate surface area is 125 Å². The van der Waals surface area contributed by atoms with Crippen LogP contribution in [0.4, 0.5) is 0 Å². The molecule has 6 nitrogen and oxygen atoms in total. The molecule has 6 heteroatoms. The molecule has 0 spiro atoms. The summed E-state index contributed by atoms with van der Waals surface area (Å²) in [6.45, 7) is 7.49. The minimum atomic E-state index is -0.143. The van der Waals surface area contributed by atoms with Crippen molar-refractivity contribution in [3.63, 3.8) is 0 Å². The highest BCUT2D eigenvalue weighted by molar-refractivity contribution is 5.76. The maximum atomic E-state index is 12.4. The molecule has 21 heavy (non-hydrogen) atoms. The van der Waals surface area contributed by atoms with E-state index in [0.717, 1.165) is 50.4 Å². The maximum Gasteiger partial charge on any atom is 0.244 e. The molecule has 0 aromatic carbocycles. The molecule has 0 bridgehead atoms. The Morgan fingerprint density at radius 1 is 1.33 bits per heavy atom. The number of rotatable bonds is 3. The number of piperidine rings is 1. The van der Waals surface area contributed by atoms with E-state index in [-0.39, 0.29) is 12.0 Å². The van der Waals surface area contributed by atoms with Gasteiger partial charge in [0.2, 0.25) is 5.91 Å². The first-order chi connectivity index (χ1) is 10.0. The van der Waals surface area contributed by atoms with E-state index in [1.165, 1.54) is 0 Å². The quantitative estimate of drug-likeness (QED) is 0.862. The number of β-amino-alcohol motifs (C(OH)–C–C–N with tert-alkyl or cyclic N) is 1. The topological polar surface area (TPSA) is 61.6 Å². The number of aromatic nitrogens is 2. The lowest BCUT2D eigenvalue weighted by Gasteiger charge is -2.45. The Morgan fingerprint density at radius 3 is 2.52 bits per heavy atom. The lowest BCUT2D eigenvalue weighted by atomic mass is 9.98. The van der Waals surface area contributed by atoms with Gasteiger partial charge in [-0.25, -0.2) is 0 Å². The fraction of sp³-hybridized carbons (Fsp3) is 0.733. The van der Waals surface area contributed by atoms with Crippen LogP contribution < -0.4 is 0 Å². The van der Waals surface area contributed by atoms with Gasteiger partial charge in [-0.15, -0.1) is 0 Å². The number of amides is 1. The van der Waals surface area contributed by atoms with Crippen LogP contribution in [0.2, 0.25) is 0 Å². The van der Waals surface area contributed by atoms with Crippen LogP contribution in [0.1, 0.15) is 24.2 Å². The Morgan fingerprint density at radius 2 is 2.00 bits per heavy atom. The van der Waals surface area contributed by atoms with Crippen LogP contribution in [-0.4, -0.2) is 68.9 Å². The number of aliphatic hydroxyl groups is 1. The van der Waals surface area contributed by atoms with Crippen LogP contribution in [0, 0.1) is 13.8 Å². The van der Waals surface area contributed by atoms with Crippen LogP contribution in [-0.2, 0) is 11.3 Å². The van der Waals surface area contributed by atoms with E-state index in [1.807, 2.05) is 24.8 Å². The highest BCUT2D eigenvalue weighted by atomic mass is 16.3. The predicted octanol–water partition coefficient (Wildman–Crippen LogP) is 0.167. The highest BCUT2D eigenvalue weighted by Gasteiger charge is 2.33. The van der Waals surface area contributed by atoms with Gasteiger partial charge >= 0.3 is 0 Å². The van der Waals surface area contributed by atoms with Crippen molar-refractivity contribution in [1.82, 2.24) is 19.6 Å². The average molecular weight is 292 g/mol. The van der Waals surface area contributed by atoms with E-state index < -0.39 is 0 Å². The Balaban J connectivity index is 1.50. The number of carbonyl (C=O) groups is 1. The molecule has 1 N–H and O–H groups in total. The molecule has 1 aromatic heterocycles. The van der Waals surface area contributed by atoms with E-state index in [0.29, 0.717) is 12.6 Å². The first kappa shape index (κ1) is 14.5. The number of hydrogen-bond donors (Lipinski definition) is 1. The number of hydrogen-bond acceptors (Lipinski definition) is 4. The molecule has 1 aromatic rings. The Hall–Kier alpha value is -1.40. The van der Waals surface area contributed by atoms with Crippen molar-refractivity contribution in [3.8, 4) is 0 Å². The normalized spacial score (nSPS) is 21.6. The van der Waals surface area contributed by atoms with Gasteiger partial charge in [-0.05, 0) is 32.8 Å². The summed E-state index contributed by atoms with van der Waals surface area (Å²) in [7, 11) is 0. The zero-order chi connectivity index (χ0) is 15.0. The van der Waals surface area contributed by atoms with E-state index in [4.69, 9.17) is 0 Å². The average Bonchev–Trinajstić information content (AvgIpc) is 2.73. The maximum absolute atomic E-state index is 12.4. The second-order valence-corrected chi connectivity index (χ2v) is 6.30. The third kappa shape index (κ3) is 3.11. The molecule has 2 aliphatic rings. The van der Waals surface area contributed by atoms with Gasteiger partial charge in [0, 0.05) is 37.9 Å². The largest absolute Gasteiger partial charge is 0.390 e. The Kier molecular flexibility index (Phi) is 3.99. The van der Waals surface area contributed by atoms with Gasteiger partial charge in [0.05, 0.1) is 11.8 Å². The van der Waals surface area contributed by atoms with Crippen molar-refractivity contribution >= 4 is 5.91 Å². The molecule has 2 aliphatic heterocycles. The van der Waals surface area contributed by atoms with E-state index in [9.17, 15) is 9.90 Å². The molecule has 0 atom stereocenters. The molecule has 0 aliphatic carbocycles. The molecule has 0 radical (unpaired) electrons. The van der Waals surface area contributed by atoms with Crippen molar-refractivity contribution in [3.05, 3.63) is 17.5 Å². The fourth-order valence-electron chi connectivity index (χ4n) is 3.33. The molecule has 2 fully saturated rings. The summed E-state index contributed by atoms with van der Waals surface area (Å²) in [5.41, 5.74) is 1.99. The Bertz CT molecular complexity index is 514. The van der Waals surface area contributed by atoms with Crippen molar-refractivity contribution in [1.29, 1.82) is 0 Å². The third-order valence-corrected chi connectivity index (χ3v) is 4.61. The van der Waals surface area contributed by atoms with E-state index in [2.05, 4.69) is 10.00 Å². The van der Waals surface area contributed by atoms with Gasteiger partial charge in [-0.1, -0.05) is 0 Å². The lowest BCUT2D eigenvalue weighted by Crippen LogP contribution is -2.58. The minimum absolute atomic E-state index is 0.143. The van der Waals surface area contributed by atoms with Gasteiger partial charge in [-0.3, -0.25) is 14.4 Å². The minimum Gasteiger partial charge on any atom is -0.390 e. The van der Waals surface area contributed by atoms with E-state index in [1.54, 1.807) is 4.68 Å². The van der Waals surface area contributed by atoms with Gasteiger partial charge < -0.3 is 10.0 Å². The second-order valence-electron chi connectivity index (χ2n) is 6.30. The molecular formula is C15H24N4O2. The SMILES string of the molecule is Cc1cc(C)n(CC(=O)N2CCC(N3CC(O)C3)CC2)n1. The monoisotopic (exact) mass is 292 g/mol. The predicted molar refractivity (Wildman–Crippen MR) is 78.9 cm³/mol. The summed E-state index contributed by atoms with van der Waals surface area (Å²) in [6.07, 6.45) is 1.88. The molecular weight excluding hydrogens is 268 g/mol. The standard InChI is InChI=1S/C15H24N4O2/c1-11-7-12(2)19(16-11)10-15(21)17-5-3-13(4-6-17)18-8-14(20)9-18/h7,13-14,20H,3-6,8-10H2,1-2H3. The summed E-state index contributed by atoms with van der Waals surface area (Å²) >= 11 is 0. The van der Waals surface area contributed by atoms with Crippen LogP contribution in [0.25, 0.3) is 0 Å². The summed E-state index contributed by atoms with van der Waals surface area (Å²) in [4.78, 5) is 16.6. The summed E-state index contributed by atoms with van der Waals surface area (Å²) in [5, 5.41) is 13.7. The van der Waals surface area contributed by atoms with Gasteiger partial charge in [0.1, 0.15) is 6.54 Å². The van der Waals surface area contributed by atoms with Crippen molar-refractivity contribution in [2.24, 2.45) is 0 Å². The van der Waals surface area contributed by atoms with Gasteiger partial charge in [0.15, 0.2) is 0 Å². The zero-order valence-electron chi connectivity index (χ0n) is 12.8. The summed E-state index contributed by atoms with van der Waals surface area (Å²) in [5.74, 6) is 0.156. The molecule has 0 saturated carbocycles. The van der Waals surface area contributed by atoms with Crippen molar-refractivity contribution in [2.75, 3.05) is 26.2 Å². The number of likely N-dealkylation sites (tertiary alicyclic amines) is 2. The fourth-order valence-corrected chi connectivity index (χ4v) is 3.33.